The second-order valence-electron chi connectivity index (χ2n) is 8.21. The van der Waals surface area contributed by atoms with Crippen LogP contribution in [0.15, 0.2) is 42.5 Å². The van der Waals surface area contributed by atoms with E-state index in [1.807, 2.05) is 49.4 Å². The van der Waals surface area contributed by atoms with E-state index >= 15 is 0 Å². The quantitative estimate of drug-likeness (QED) is 0.508. The molecule has 1 saturated heterocycles. The van der Waals surface area contributed by atoms with Crippen molar-refractivity contribution in [3.63, 3.8) is 0 Å². The summed E-state index contributed by atoms with van der Waals surface area (Å²) < 4.78 is 5.94. The molecule has 3 N–H and O–H groups in total. The van der Waals surface area contributed by atoms with Crippen LogP contribution in [0.5, 0.6) is 5.75 Å². The first-order valence-electron chi connectivity index (χ1n) is 10.9. The van der Waals surface area contributed by atoms with Crippen molar-refractivity contribution in [2.45, 2.75) is 39.2 Å². The minimum absolute atomic E-state index is 0.120. The van der Waals surface area contributed by atoms with Crippen molar-refractivity contribution in [1.82, 2.24) is 15.0 Å². The maximum atomic E-state index is 12.1. The van der Waals surface area contributed by atoms with Crippen LogP contribution in [0.4, 0.5) is 17.6 Å². The van der Waals surface area contributed by atoms with E-state index in [0.29, 0.717) is 35.5 Å². The number of hydrogen-bond acceptors (Lipinski definition) is 7. The summed E-state index contributed by atoms with van der Waals surface area (Å²) in [7, 11) is 0. The molecule has 1 aliphatic rings. The zero-order valence-electron chi connectivity index (χ0n) is 18.7. The van der Waals surface area contributed by atoms with Gasteiger partial charge in [-0.2, -0.15) is 15.0 Å². The SMILES string of the molecule is Cc1cc(OCc2nc(N)nc(NCC(C)c3cccc(Cl)c3)n2)cc(N2CCCC2=O)c1. The van der Waals surface area contributed by atoms with Crippen LogP contribution in [-0.4, -0.2) is 33.9 Å². The number of nitrogens with one attached hydrogen (secondary N) is 1. The van der Waals surface area contributed by atoms with Crippen LogP contribution in [0.3, 0.4) is 0 Å². The van der Waals surface area contributed by atoms with Gasteiger partial charge in [0.1, 0.15) is 12.4 Å². The topological polar surface area (TPSA) is 106 Å². The summed E-state index contributed by atoms with van der Waals surface area (Å²) in [5.74, 6) is 1.91. The molecular weight excluding hydrogens is 440 g/mol. The summed E-state index contributed by atoms with van der Waals surface area (Å²) in [5.41, 5.74) is 8.87. The molecule has 0 radical (unpaired) electrons. The minimum atomic E-state index is 0.120. The van der Waals surface area contributed by atoms with Crippen LogP contribution < -0.4 is 20.7 Å². The average molecular weight is 467 g/mol. The number of nitrogen functional groups attached to an aromatic ring is 1. The Bertz CT molecular complexity index is 1160. The number of aryl methyl sites for hydroxylation is 1. The van der Waals surface area contributed by atoms with Gasteiger partial charge in [-0.15, -0.1) is 0 Å². The molecule has 4 rings (SSSR count). The molecule has 0 saturated carbocycles. The molecule has 0 spiro atoms. The van der Waals surface area contributed by atoms with Gasteiger partial charge in [-0.3, -0.25) is 4.79 Å². The molecule has 1 unspecified atom stereocenters. The van der Waals surface area contributed by atoms with E-state index in [-0.39, 0.29) is 24.4 Å². The van der Waals surface area contributed by atoms with Crippen molar-refractivity contribution >= 4 is 35.1 Å². The van der Waals surface area contributed by atoms with E-state index in [2.05, 4.69) is 27.2 Å². The molecule has 2 heterocycles. The molecule has 9 heteroatoms. The highest BCUT2D eigenvalue weighted by Crippen LogP contribution is 2.28. The first kappa shape index (κ1) is 22.8. The standard InChI is InChI=1S/C24H27ClN6O2/c1-15-9-19(31-8-4-7-22(31)32)12-20(10-15)33-14-21-28-23(26)30-24(29-21)27-13-16(2)17-5-3-6-18(25)11-17/h3,5-6,9-12,16H,4,7-8,13-14H2,1-2H3,(H3,26,27,28,29,30). The van der Waals surface area contributed by atoms with Gasteiger partial charge >= 0.3 is 0 Å². The van der Waals surface area contributed by atoms with Crippen molar-refractivity contribution in [2.24, 2.45) is 0 Å². The Morgan fingerprint density at radius 1 is 1.21 bits per heavy atom. The normalized spacial score (nSPS) is 14.4. The van der Waals surface area contributed by atoms with E-state index in [0.717, 1.165) is 29.8 Å². The van der Waals surface area contributed by atoms with E-state index in [9.17, 15) is 4.79 Å². The van der Waals surface area contributed by atoms with Gasteiger partial charge in [0.25, 0.3) is 0 Å². The highest BCUT2D eigenvalue weighted by Gasteiger charge is 2.22. The molecule has 1 atom stereocenters. The molecule has 172 valence electrons. The predicted octanol–water partition coefficient (Wildman–Crippen LogP) is 4.34. The number of hydrogen-bond donors (Lipinski definition) is 2. The Morgan fingerprint density at radius 2 is 2.06 bits per heavy atom. The highest BCUT2D eigenvalue weighted by molar-refractivity contribution is 6.30. The van der Waals surface area contributed by atoms with E-state index < -0.39 is 0 Å². The van der Waals surface area contributed by atoms with E-state index in [4.69, 9.17) is 22.1 Å². The molecule has 1 aromatic heterocycles. The molecule has 1 fully saturated rings. The van der Waals surface area contributed by atoms with Gasteiger partial charge in [-0.25, -0.2) is 0 Å². The smallest absolute Gasteiger partial charge is 0.227 e. The number of amides is 1. The number of aromatic nitrogens is 3. The highest BCUT2D eigenvalue weighted by atomic mass is 35.5. The van der Waals surface area contributed by atoms with Crippen molar-refractivity contribution in [3.05, 3.63) is 64.4 Å². The van der Waals surface area contributed by atoms with Crippen LogP contribution in [0.25, 0.3) is 0 Å². The zero-order chi connectivity index (χ0) is 23.4. The fourth-order valence-corrected chi connectivity index (χ4v) is 3.99. The van der Waals surface area contributed by atoms with Gasteiger partial charge in [0.2, 0.25) is 17.8 Å². The van der Waals surface area contributed by atoms with Gasteiger partial charge in [0.15, 0.2) is 5.82 Å². The number of carbonyl (C=O) groups excluding carboxylic acids is 1. The summed E-state index contributed by atoms with van der Waals surface area (Å²) in [4.78, 5) is 26.7. The van der Waals surface area contributed by atoms with Crippen LogP contribution >= 0.6 is 11.6 Å². The van der Waals surface area contributed by atoms with Gasteiger partial charge in [-0.05, 0) is 54.7 Å². The van der Waals surface area contributed by atoms with Crippen LogP contribution in [0.1, 0.15) is 42.6 Å². The summed E-state index contributed by atoms with van der Waals surface area (Å²) >= 11 is 6.09. The lowest BCUT2D eigenvalue weighted by molar-refractivity contribution is -0.117. The Balaban J connectivity index is 1.41. The maximum absolute atomic E-state index is 12.1. The van der Waals surface area contributed by atoms with Gasteiger partial charge in [0, 0.05) is 36.3 Å². The van der Waals surface area contributed by atoms with Gasteiger partial charge in [0.05, 0.1) is 0 Å². The number of halogens is 1. The lowest BCUT2D eigenvalue weighted by Gasteiger charge is -2.18. The number of ether oxygens (including phenoxy) is 1. The Morgan fingerprint density at radius 3 is 2.82 bits per heavy atom. The number of nitrogens with two attached hydrogens (primary N) is 1. The third kappa shape index (κ3) is 5.90. The fourth-order valence-electron chi connectivity index (χ4n) is 3.79. The number of carbonyl (C=O) groups is 1. The first-order chi connectivity index (χ1) is 15.9. The van der Waals surface area contributed by atoms with Crippen LogP contribution in [0, 0.1) is 6.92 Å². The number of benzene rings is 2. The Hall–Kier alpha value is -3.39. The zero-order valence-corrected chi connectivity index (χ0v) is 19.5. The lowest BCUT2D eigenvalue weighted by Crippen LogP contribution is -2.23. The molecule has 33 heavy (non-hydrogen) atoms. The summed E-state index contributed by atoms with van der Waals surface area (Å²) in [6, 6.07) is 13.5. The summed E-state index contributed by atoms with van der Waals surface area (Å²) in [5, 5.41) is 3.92. The van der Waals surface area contributed by atoms with Crippen LogP contribution in [0.2, 0.25) is 5.02 Å². The van der Waals surface area contributed by atoms with Crippen molar-refractivity contribution in [2.75, 3.05) is 29.0 Å². The monoisotopic (exact) mass is 466 g/mol. The molecule has 3 aromatic rings. The van der Waals surface area contributed by atoms with E-state index in [1.54, 1.807) is 4.90 Å². The largest absolute Gasteiger partial charge is 0.486 e. The molecule has 1 amide bonds. The minimum Gasteiger partial charge on any atom is -0.486 e. The third-order valence-electron chi connectivity index (χ3n) is 5.47. The molecule has 0 aliphatic carbocycles. The molecule has 2 aromatic carbocycles. The van der Waals surface area contributed by atoms with Crippen molar-refractivity contribution < 1.29 is 9.53 Å². The molecular formula is C24H27ClN6O2. The Labute approximate surface area is 198 Å². The van der Waals surface area contributed by atoms with Crippen LogP contribution in [-0.2, 0) is 11.4 Å². The second-order valence-corrected chi connectivity index (χ2v) is 8.65. The average Bonchev–Trinajstić information content (AvgIpc) is 3.21. The summed E-state index contributed by atoms with van der Waals surface area (Å²) in [6.45, 7) is 5.53. The molecule has 8 nitrogen and oxygen atoms in total. The second kappa shape index (κ2) is 10.0. The third-order valence-corrected chi connectivity index (χ3v) is 5.71. The molecule has 0 bridgehead atoms. The number of nitrogens with zero attached hydrogens (tertiary/aromatic N) is 4. The maximum Gasteiger partial charge on any atom is 0.227 e. The van der Waals surface area contributed by atoms with Gasteiger partial charge in [-0.1, -0.05) is 30.7 Å². The summed E-state index contributed by atoms with van der Waals surface area (Å²) in [6.07, 6.45) is 1.46. The molecule has 1 aliphatic heterocycles. The Kier molecular flexibility index (Phi) is 6.93. The fraction of sp³-hybridized carbons (Fsp3) is 0.333. The van der Waals surface area contributed by atoms with Gasteiger partial charge < -0.3 is 20.7 Å². The lowest BCUT2D eigenvalue weighted by atomic mass is 10.0. The number of rotatable bonds is 8. The van der Waals surface area contributed by atoms with E-state index in [1.165, 1.54) is 0 Å². The van der Waals surface area contributed by atoms with Crippen molar-refractivity contribution in [3.8, 4) is 5.75 Å². The number of anilines is 3. The first-order valence-corrected chi connectivity index (χ1v) is 11.3. The van der Waals surface area contributed by atoms with Crippen molar-refractivity contribution in [1.29, 1.82) is 0 Å². The predicted molar refractivity (Wildman–Crippen MR) is 130 cm³/mol.